The van der Waals surface area contributed by atoms with Gasteiger partial charge in [0.1, 0.15) is 0 Å². The fourth-order valence-electron chi connectivity index (χ4n) is 8.99. The molecule has 0 bridgehead atoms. The summed E-state index contributed by atoms with van der Waals surface area (Å²) < 4.78 is 0. The van der Waals surface area contributed by atoms with Gasteiger partial charge in [-0.15, -0.1) is 0 Å². The Morgan fingerprint density at radius 2 is 0.778 bits per heavy atom. The lowest BCUT2D eigenvalue weighted by Crippen LogP contribution is -2.28. The van der Waals surface area contributed by atoms with Gasteiger partial charge in [-0.25, -0.2) is 9.97 Å². The minimum absolute atomic E-state index is 0.156. The van der Waals surface area contributed by atoms with Gasteiger partial charge in [0, 0.05) is 22.1 Å². The van der Waals surface area contributed by atoms with Gasteiger partial charge in [0.15, 0.2) is 5.82 Å². The van der Waals surface area contributed by atoms with Gasteiger partial charge in [0.2, 0.25) is 0 Å². The van der Waals surface area contributed by atoms with Crippen molar-refractivity contribution in [2.45, 2.75) is 37.5 Å². The molecule has 1 heterocycles. The Kier molecular flexibility index (Phi) is 8.10. The first kappa shape index (κ1) is 32.3. The predicted molar refractivity (Wildman–Crippen MR) is 224 cm³/mol. The molecule has 0 radical (unpaired) electrons. The number of nitrogens with zero attached hydrogens (tertiary/aromatic N) is 2. The molecule has 0 aliphatic heterocycles. The van der Waals surface area contributed by atoms with E-state index in [1.807, 2.05) is 24.3 Å². The van der Waals surface area contributed by atoms with E-state index in [2.05, 4.69) is 158 Å². The molecule has 1 spiro atoms. The number of hydrogen-bond donors (Lipinski definition) is 0. The summed E-state index contributed by atoms with van der Waals surface area (Å²) in [7, 11) is 0. The van der Waals surface area contributed by atoms with E-state index in [0.717, 1.165) is 33.9 Å². The average molecular weight is 693 g/mol. The predicted octanol–water partition coefficient (Wildman–Crippen LogP) is 13.7. The van der Waals surface area contributed by atoms with Gasteiger partial charge in [-0.05, 0) is 92.7 Å². The molecule has 258 valence electrons. The summed E-state index contributed by atoms with van der Waals surface area (Å²) in [6, 6.07) is 65.8. The second-order valence-corrected chi connectivity index (χ2v) is 14.9. The van der Waals surface area contributed by atoms with Gasteiger partial charge in [0.25, 0.3) is 0 Å². The summed E-state index contributed by atoms with van der Waals surface area (Å²) in [5.74, 6) is 0.726. The molecule has 2 heteroatoms. The van der Waals surface area contributed by atoms with E-state index in [-0.39, 0.29) is 5.41 Å². The van der Waals surface area contributed by atoms with Crippen molar-refractivity contribution in [2.75, 3.05) is 0 Å². The fraction of sp³-hybridized carbons (Fsp3) is 0.115. The highest BCUT2D eigenvalue weighted by Gasteiger charge is 2.43. The summed E-state index contributed by atoms with van der Waals surface area (Å²) in [5.41, 5.74) is 18.4. The lowest BCUT2D eigenvalue weighted by molar-refractivity contribution is 0.353. The van der Waals surface area contributed by atoms with Gasteiger partial charge in [-0.3, -0.25) is 0 Å². The van der Waals surface area contributed by atoms with E-state index in [9.17, 15) is 0 Å². The minimum Gasteiger partial charge on any atom is -0.228 e. The molecule has 0 amide bonds. The van der Waals surface area contributed by atoms with E-state index in [4.69, 9.17) is 9.97 Å². The Bertz CT molecular complexity index is 2560. The Morgan fingerprint density at radius 3 is 1.43 bits per heavy atom. The lowest BCUT2D eigenvalue weighted by Gasteiger charge is -2.36. The second-order valence-electron chi connectivity index (χ2n) is 14.9. The largest absolute Gasteiger partial charge is 0.228 e. The van der Waals surface area contributed by atoms with Crippen LogP contribution in [-0.4, -0.2) is 9.97 Å². The number of aromatic nitrogens is 2. The van der Waals surface area contributed by atoms with Crippen LogP contribution in [0.1, 0.15) is 43.2 Å². The molecule has 1 fully saturated rings. The van der Waals surface area contributed by atoms with E-state index in [0.29, 0.717) is 0 Å². The zero-order valence-electron chi connectivity index (χ0n) is 30.3. The van der Waals surface area contributed by atoms with Crippen molar-refractivity contribution in [3.63, 3.8) is 0 Å². The molecule has 0 atom stereocenters. The third-order valence-electron chi connectivity index (χ3n) is 11.7. The van der Waals surface area contributed by atoms with Crippen molar-refractivity contribution < 1.29 is 0 Å². The molecule has 8 aromatic rings. The molecular formula is C52H40N2. The van der Waals surface area contributed by atoms with Crippen molar-refractivity contribution in [3.05, 3.63) is 193 Å². The number of hydrogen-bond acceptors (Lipinski definition) is 2. The zero-order valence-corrected chi connectivity index (χ0v) is 30.3. The molecule has 2 aliphatic carbocycles. The molecule has 10 rings (SSSR count). The van der Waals surface area contributed by atoms with Crippen molar-refractivity contribution in [2.24, 2.45) is 0 Å². The summed E-state index contributed by atoms with van der Waals surface area (Å²) in [6.07, 6.45) is 6.44. The van der Waals surface area contributed by atoms with Crippen LogP contribution in [-0.2, 0) is 5.41 Å². The minimum atomic E-state index is 0.156. The summed E-state index contributed by atoms with van der Waals surface area (Å²) in [4.78, 5) is 9.99. The van der Waals surface area contributed by atoms with Gasteiger partial charge in [-0.1, -0.05) is 177 Å². The molecule has 2 nitrogen and oxygen atoms in total. The Balaban J connectivity index is 0.958. The van der Waals surface area contributed by atoms with Crippen LogP contribution in [0.5, 0.6) is 0 Å². The van der Waals surface area contributed by atoms with Crippen molar-refractivity contribution in [1.82, 2.24) is 9.97 Å². The highest BCUT2D eigenvalue weighted by Crippen LogP contribution is 2.56. The third-order valence-corrected chi connectivity index (χ3v) is 11.7. The second kappa shape index (κ2) is 13.5. The molecule has 2 aliphatic rings. The van der Waals surface area contributed by atoms with Crippen LogP contribution >= 0.6 is 0 Å². The first-order chi connectivity index (χ1) is 26.7. The third kappa shape index (κ3) is 5.76. The Labute approximate surface area is 317 Å². The first-order valence-corrected chi connectivity index (χ1v) is 19.3. The normalized spacial score (nSPS) is 14.1. The molecule has 0 saturated heterocycles. The number of rotatable bonds is 6. The Hall–Kier alpha value is -6.38. The van der Waals surface area contributed by atoms with E-state index in [1.54, 1.807) is 5.56 Å². The molecule has 54 heavy (non-hydrogen) atoms. The van der Waals surface area contributed by atoms with Crippen LogP contribution < -0.4 is 0 Å². The fourth-order valence-corrected chi connectivity index (χ4v) is 8.99. The van der Waals surface area contributed by atoms with Gasteiger partial charge in [0.05, 0.1) is 11.4 Å². The quantitative estimate of drug-likeness (QED) is 0.173. The molecule has 0 unspecified atom stereocenters. The molecular weight excluding hydrogens is 653 g/mol. The van der Waals surface area contributed by atoms with E-state index in [1.165, 1.54) is 82.2 Å². The molecule has 7 aromatic carbocycles. The van der Waals surface area contributed by atoms with E-state index < -0.39 is 0 Å². The number of benzene rings is 7. The highest BCUT2D eigenvalue weighted by atomic mass is 14.9. The van der Waals surface area contributed by atoms with Gasteiger partial charge >= 0.3 is 0 Å². The van der Waals surface area contributed by atoms with Crippen molar-refractivity contribution >= 4 is 0 Å². The number of fused-ring (bicyclic) bond motifs is 5. The molecule has 1 saturated carbocycles. The van der Waals surface area contributed by atoms with Crippen molar-refractivity contribution in [1.29, 1.82) is 0 Å². The van der Waals surface area contributed by atoms with Gasteiger partial charge in [-0.2, -0.15) is 0 Å². The van der Waals surface area contributed by atoms with Crippen LogP contribution in [0, 0.1) is 0 Å². The summed E-state index contributed by atoms with van der Waals surface area (Å²) in [5, 5.41) is 0. The first-order valence-electron chi connectivity index (χ1n) is 19.3. The van der Waals surface area contributed by atoms with Crippen LogP contribution in [0.4, 0.5) is 0 Å². The van der Waals surface area contributed by atoms with Crippen LogP contribution in [0.3, 0.4) is 0 Å². The summed E-state index contributed by atoms with van der Waals surface area (Å²) in [6.45, 7) is 0. The molecule has 0 N–H and O–H groups in total. The smallest absolute Gasteiger partial charge is 0.160 e. The van der Waals surface area contributed by atoms with Crippen molar-refractivity contribution in [3.8, 4) is 78.4 Å². The van der Waals surface area contributed by atoms with Crippen LogP contribution in [0.25, 0.3) is 78.4 Å². The summed E-state index contributed by atoms with van der Waals surface area (Å²) >= 11 is 0. The van der Waals surface area contributed by atoms with Gasteiger partial charge < -0.3 is 0 Å². The van der Waals surface area contributed by atoms with E-state index >= 15 is 0 Å². The average Bonchev–Trinajstić information content (AvgIpc) is 3.52. The SMILES string of the molecule is c1ccc(-c2cc(-c3ccc(-c4cccc(-c5cccc(-c6ccc7c(c6)C6(CCCCC6)c6ccccc6-7)c5)c4)cc3)nc(-c3ccccc3)n2)cc1. The van der Waals surface area contributed by atoms with Crippen LogP contribution in [0.2, 0.25) is 0 Å². The maximum absolute atomic E-state index is 5.03. The highest BCUT2D eigenvalue weighted by molar-refractivity contribution is 5.85. The van der Waals surface area contributed by atoms with Crippen LogP contribution in [0.15, 0.2) is 182 Å². The lowest BCUT2D eigenvalue weighted by atomic mass is 9.67. The molecule has 1 aromatic heterocycles. The standard InChI is InChI=1S/C52H40N2/c1-4-14-37(15-5-1)49-35-50(54-51(53-49)39-16-6-2-7-17-39)38-26-24-36(25-27-38)40-18-12-19-41(32-40)42-20-13-21-43(33-42)44-28-29-46-45-22-8-9-23-47(45)52(48(46)34-44)30-10-3-11-31-52/h1-2,4-9,12-29,32-35H,3,10-11,30-31H2. The topological polar surface area (TPSA) is 25.8 Å². The maximum atomic E-state index is 5.03. The zero-order chi connectivity index (χ0) is 35.9. The Morgan fingerprint density at radius 1 is 0.315 bits per heavy atom. The maximum Gasteiger partial charge on any atom is 0.160 e. The monoisotopic (exact) mass is 692 g/mol.